The van der Waals surface area contributed by atoms with Crippen molar-refractivity contribution in [2.45, 2.75) is 13.2 Å². The second kappa shape index (κ2) is 9.89. The lowest BCUT2D eigenvalue weighted by Gasteiger charge is -2.10. The molecular weight excluding hydrogens is 370 g/mol. The highest BCUT2D eigenvalue weighted by atomic mass is 16.5. The number of aromatic nitrogens is 1. The number of carbonyl (C=O) groups is 2. The maximum Gasteiger partial charge on any atom is 0.337 e. The van der Waals surface area contributed by atoms with Crippen LogP contribution >= 0.6 is 0 Å². The summed E-state index contributed by atoms with van der Waals surface area (Å²) in [5.74, 6) is 0.234. The van der Waals surface area contributed by atoms with Crippen molar-refractivity contribution < 1.29 is 19.1 Å². The first-order valence-electron chi connectivity index (χ1n) is 8.99. The van der Waals surface area contributed by atoms with Gasteiger partial charge >= 0.3 is 12.0 Å². The van der Waals surface area contributed by atoms with Crippen LogP contribution in [0.15, 0.2) is 72.9 Å². The number of methoxy groups -OCH3 is 1. The van der Waals surface area contributed by atoms with E-state index in [1.165, 1.54) is 7.11 Å². The van der Waals surface area contributed by atoms with Crippen LogP contribution in [0.5, 0.6) is 5.75 Å². The summed E-state index contributed by atoms with van der Waals surface area (Å²) in [5.41, 5.74) is 2.59. The number of urea groups is 1. The van der Waals surface area contributed by atoms with Crippen LogP contribution in [0.3, 0.4) is 0 Å². The van der Waals surface area contributed by atoms with Crippen LogP contribution < -0.4 is 15.4 Å². The van der Waals surface area contributed by atoms with Gasteiger partial charge in [0.1, 0.15) is 12.4 Å². The predicted molar refractivity (Wildman–Crippen MR) is 109 cm³/mol. The van der Waals surface area contributed by atoms with Crippen molar-refractivity contribution >= 4 is 17.7 Å². The van der Waals surface area contributed by atoms with Crippen LogP contribution in [0.25, 0.3) is 0 Å². The van der Waals surface area contributed by atoms with Crippen LogP contribution in [0.1, 0.15) is 21.6 Å². The topological polar surface area (TPSA) is 89.5 Å². The molecule has 7 heteroatoms. The van der Waals surface area contributed by atoms with E-state index in [0.29, 0.717) is 30.2 Å². The zero-order valence-electron chi connectivity index (χ0n) is 15.9. The number of hydrogen-bond acceptors (Lipinski definition) is 5. The van der Waals surface area contributed by atoms with E-state index >= 15 is 0 Å². The summed E-state index contributed by atoms with van der Waals surface area (Å²) in [6.45, 7) is 0.693. The normalized spacial score (nSPS) is 10.1. The van der Waals surface area contributed by atoms with E-state index in [0.717, 1.165) is 11.3 Å². The molecule has 1 aromatic heterocycles. The molecule has 0 spiro atoms. The molecule has 0 aliphatic rings. The average Bonchev–Trinajstić information content (AvgIpc) is 2.77. The largest absolute Gasteiger partial charge is 0.487 e. The molecule has 2 amide bonds. The monoisotopic (exact) mass is 391 g/mol. The molecule has 0 aliphatic carbocycles. The Balaban J connectivity index is 1.52. The van der Waals surface area contributed by atoms with Crippen LogP contribution in [-0.2, 0) is 17.9 Å². The number of amides is 2. The Kier molecular flexibility index (Phi) is 6.78. The van der Waals surface area contributed by atoms with Crippen molar-refractivity contribution in [3.8, 4) is 5.75 Å². The number of ether oxygens (including phenoxy) is 2. The summed E-state index contributed by atoms with van der Waals surface area (Å²) in [6, 6.07) is 19.3. The first-order valence-corrected chi connectivity index (χ1v) is 8.99. The minimum absolute atomic E-state index is 0.323. The summed E-state index contributed by atoms with van der Waals surface area (Å²) in [5, 5.41) is 5.47. The highest BCUT2D eigenvalue weighted by Gasteiger charge is 2.08. The average molecular weight is 391 g/mol. The number of benzene rings is 2. The minimum Gasteiger partial charge on any atom is -0.487 e. The molecule has 0 fully saturated rings. The van der Waals surface area contributed by atoms with Gasteiger partial charge in [-0.1, -0.05) is 24.3 Å². The van der Waals surface area contributed by atoms with Gasteiger partial charge in [0, 0.05) is 18.4 Å². The summed E-state index contributed by atoms with van der Waals surface area (Å²) in [6.07, 6.45) is 1.72. The third-order valence-electron chi connectivity index (χ3n) is 4.01. The molecule has 2 aromatic carbocycles. The van der Waals surface area contributed by atoms with Gasteiger partial charge in [-0.2, -0.15) is 0 Å². The lowest BCUT2D eigenvalue weighted by molar-refractivity contribution is 0.0600. The quantitative estimate of drug-likeness (QED) is 0.599. The molecule has 0 unspecified atom stereocenters. The molecular formula is C22H21N3O4. The predicted octanol–water partition coefficient (Wildman–Crippen LogP) is 3.77. The zero-order valence-corrected chi connectivity index (χ0v) is 15.9. The van der Waals surface area contributed by atoms with Gasteiger partial charge in [0.2, 0.25) is 0 Å². The fourth-order valence-corrected chi connectivity index (χ4v) is 2.59. The number of carbonyl (C=O) groups excluding carboxylic acids is 2. The Labute approximate surface area is 168 Å². The molecule has 0 saturated carbocycles. The third kappa shape index (κ3) is 6.07. The highest BCUT2D eigenvalue weighted by molar-refractivity contribution is 5.93. The van der Waals surface area contributed by atoms with E-state index < -0.39 is 5.97 Å². The van der Waals surface area contributed by atoms with Crippen molar-refractivity contribution in [1.29, 1.82) is 0 Å². The van der Waals surface area contributed by atoms with Crippen molar-refractivity contribution in [2.24, 2.45) is 0 Å². The van der Waals surface area contributed by atoms with Gasteiger partial charge in [-0.15, -0.1) is 0 Å². The molecule has 1 heterocycles. The van der Waals surface area contributed by atoms with Gasteiger partial charge in [-0.05, 0) is 48.0 Å². The number of anilines is 1. The van der Waals surface area contributed by atoms with Gasteiger partial charge in [-0.25, -0.2) is 9.59 Å². The Hall–Kier alpha value is -3.87. The lowest BCUT2D eigenvalue weighted by Crippen LogP contribution is -2.28. The minimum atomic E-state index is -0.462. The van der Waals surface area contributed by atoms with E-state index in [1.807, 2.05) is 42.5 Å². The molecule has 0 saturated heterocycles. The molecule has 2 N–H and O–H groups in total. The molecule has 0 atom stereocenters. The summed E-state index contributed by atoms with van der Waals surface area (Å²) in [7, 11) is 1.31. The number of rotatable bonds is 7. The van der Waals surface area contributed by atoms with E-state index in [-0.39, 0.29) is 6.03 Å². The summed E-state index contributed by atoms with van der Waals surface area (Å²) >= 11 is 0. The maximum atomic E-state index is 12.2. The van der Waals surface area contributed by atoms with Gasteiger partial charge < -0.3 is 20.1 Å². The van der Waals surface area contributed by atoms with Crippen LogP contribution in [0, 0.1) is 0 Å². The molecule has 0 bridgehead atoms. The van der Waals surface area contributed by atoms with Gasteiger partial charge in [0.15, 0.2) is 0 Å². The Morgan fingerprint density at radius 2 is 1.86 bits per heavy atom. The zero-order chi connectivity index (χ0) is 20.5. The van der Waals surface area contributed by atoms with Crippen molar-refractivity contribution in [1.82, 2.24) is 10.3 Å². The first-order chi connectivity index (χ1) is 14.1. The molecule has 29 heavy (non-hydrogen) atoms. The van der Waals surface area contributed by atoms with E-state index in [4.69, 9.17) is 4.74 Å². The second-order valence-electron chi connectivity index (χ2n) is 6.14. The van der Waals surface area contributed by atoms with Gasteiger partial charge in [0.25, 0.3) is 0 Å². The maximum absolute atomic E-state index is 12.2. The summed E-state index contributed by atoms with van der Waals surface area (Å²) in [4.78, 5) is 27.9. The molecule has 0 radical (unpaired) electrons. The van der Waals surface area contributed by atoms with Crippen molar-refractivity contribution in [2.75, 3.05) is 12.4 Å². The van der Waals surface area contributed by atoms with Crippen LogP contribution in [-0.4, -0.2) is 24.1 Å². The number of nitrogens with zero attached hydrogens (tertiary/aromatic N) is 1. The lowest BCUT2D eigenvalue weighted by atomic mass is 10.2. The van der Waals surface area contributed by atoms with Crippen molar-refractivity contribution in [3.63, 3.8) is 0 Å². The molecule has 3 aromatic rings. The van der Waals surface area contributed by atoms with Crippen LogP contribution in [0.4, 0.5) is 10.5 Å². The first kappa shape index (κ1) is 19.9. The Morgan fingerprint density at radius 3 is 2.66 bits per heavy atom. The number of esters is 1. The van der Waals surface area contributed by atoms with Gasteiger partial charge in [-0.3, -0.25) is 4.98 Å². The Bertz CT molecular complexity index is 977. The SMILES string of the molecule is COC(=O)c1cccc(NC(=O)NCc2cccc(OCc3ccccn3)c2)c1. The second-order valence-corrected chi connectivity index (χ2v) is 6.14. The van der Waals surface area contributed by atoms with E-state index in [2.05, 4.69) is 20.4 Å². The third-order valence-corrected chi connectivity index (χ3v) is 4.01. The van der Waals surface area contributed by atoms with E-state index in [1.54, 1.807) is 30.5 Å². The molecule has 7 nitrogen and oxygen atoms in total. The highest BCUT2D eigenvalue weighted by Crippen LogP contribution is 2.15. The standard InChI is InChI=1S/C22H21N3O4/c1-28-21(26)17-7-5-9-18(13-17)25-22(27)24-14-16-6-4-10-20(12-16)29-15-19-8-2-3-11-23-19/h2-13H,14-15H2,1H3,(H2,24,25,27). The molecule has 3 rings (SSSR count). The molecule has 148 valence electrons. The number of nitrogens with one attached hydrogen (secondary N) is 2. The van der Waals surface area contributed by atoms with Crippen LogP contribution in [0.2, 0.25) is 0 Å². The fraction of sp³-hybridized carbons (Fsp3) is 0.136. The smallest absolute Gasteiger partial charge is 0.337 e. The summed E-state index contributed by atoms with van der Waals surface area (Å²) < 4.78 is 10.4. The fourth-order valence-electron chi connectivity index (χ4n) is 2.59. The number of pyridine rings is 1. The Morgan fingerprint density at radius 1 is 1.00 bits per heavy atom. The van der Waals surface area contributed by atoms with E-state index in [9.17, 15) is 9.59 Å². The van der Waals surface area contributed by atoms with Crippen molar-refractivity contribution in [3.05, 3.63) is 89.7 Å². The van der Waals surface area contributed by atoms with Gasteiger partial charge in [0.05, 0.1) is 18.4 Å². The number of hydrogen-bond donors (Lipinski definition) is 2. The molecule has 0 aliphatic heterocycles.